The Balaban J connectivity index is 2.12. The molecule has 0 aromatic heterocycles. The summed E-state index contributed by atoms with van der Waals surface area (Å²) in [6.07, 6.45) is 11.3. The molecule has 0 heterocycles. The molecule has 0 aromatic carbocycles. The number of unbranched alkanes of at least 4 members (excludes halogenated alkanes) is 2. The van der Waals surface area contributed by atoms with Crippen molar-refractivity contribution in [2.45, 2.75) is 58.3 Å². The van der Waals surface area contributed by atoms with Gasteiger partial charge < -0.3 is 0 Å². The summed E-state index contributed by atoms with van der Waals surface area (Å²) in [5.41, 5.74) is 0. The van der Waals surface area contributed by atoms with Crippen LogP contribution in [-0.4, -0.2) is 0 Å². The molecule has 0 aromatic rings. The molecule has 0 saturated heterocycles. The van der Waals surface area contributed by atoms with Crippen molar-refractivity contribution in [3.05, 3.63) is 6.92 Å². The Bertz CT molecular complexity index is 107. The van der Waals surface area contributed by atoms with E-state index in [0.717, 1.165) is 18.3 Å². The predicted molar refractivity (Wildman–Crippen MR) is 54.9 cm³/mol. The molecular weight excluding hydrogens is 144 g/mol. The van der Waals surface area contributed by atoms with Gasteiger partial charge in [-0.1, -0.05) is 65.2 Å². The summed E-state index contributed by atoms with van der Waals surface area (Å²) in [5, 5.41) is 0. The van der Waals surface area contributed by atoms with E-state index < -0.39 is 0 Å². The molecule has 2 unspecified atom stereocenters. The minimum absolute atomic E-state index is 1.06. The van der Waals surface area contributed by atoms with Crippen molar-refractivity contribution in [2.24, 2.45) is 11.8 Å². The van der Waals surface area contributed by atoms with Gasteiger partial charge >= 0.3 is 0 Å². The van der Waals surface area contributed by atoms with Crippen molar-refractivity contribution >= 4 is 0 Å². The zero-order chi connectivity index (χ0) is 8.81. The fourth-order valence-corrected chi connectivity index (χ4v) is 2.61. The first kappa shape index (κ1) is 10.1. The van der Waals surface area contributed by atoms with Gasteiger partial charge in [-0.05, 0) is 11.8 Å². The van der Waals surface area contributed by atoms with Crippen LogP contribution in [0, 0.1) is 18.8 Å². The van der Waals surface area contributed by atoms with Gasteiger partial charge in [0.15, 0.2) is 0 Å². The monoisotopic (exact) mass is 167 g/mol. The van der Waals surface area contributed by atoms with Crippen LogP contribution in [0.15, 0.2) is 0 Å². The van der Waals surface area contributed by atoms with E-state index >= 15 is 0 Å². The third-order valence-corrected chi connectivity index (χ3v) is 3.42. The smallest absolute Gasteiger partial charge is 0.0386 e. The third kappa shape index (κ3) is 2.80. The summed E-state index contributed by atoms with van der Waals surface area (Å²) in [6.45, 7) is 6.24. The van der Waals surface area contributed by atoms with Gasteiger partial charge in [0.1, 0.15) is 0 Å². The second-order valence-electron chi connectivity index (χ2n) is 4.21. The minimum Gasteiger partial charge on any atom is -0.0651 e. The Kier molecular flexibility index (Phi) is 4.72. The van der Waals surface area contributed by atoms with Crippen molar-refractivity contribution in [3.63, 3.8) is 0 Å². The van der Waals surface area contributed by atoms with Crippen LogP contribution < -0.4 is 0 Å². The van der Waals surface area contributed by atoms with Crippen LogP contribution in [-0.2, 0) is 0 Å². The third-order valence-electron chi connectivity index (χ3n) is 3.42. The summed E-state index contributed by atoms with van der Waals surface area (Å²) in [4.78, 5) is 0. The van der Waals surface area contributed by atoms with Gasteiger partial charge in [0.05, 0.1) is 0 Å². The van der Waals surface area contributed by atoms with E-state index in [2.05, 4.69) is 13.8 Å². The topological polar surface area (TPSA) is 0 Å². The molecule has 0 bridgehead atoms. The molecule has 0 aliphatic heterocycles. The molecule has 1 radical (unpaired) electrons. The zero-order valence-electron chi connectivity index (χ0n) is 8.52. The van der Waals surface area contributed by atoms with Crippen LogP contribution in [0.1, 0.15) is 58.3 Å². The molecule has 0 spiro atoms. The van der Waals surface area contributed by atoms with Crippen molar-refractivity contribution in [2.75, 3.05) is 0 Å². The van der Waals surface area contributed by atoms with Crippen molar-refractivity contribution in [1.29, 1.82) is 0 Å². The number of rotatable bonds is 5. The van der Waals surface area contributed by atoms with Crippen molar-refractivity contribution in [3.8, 4) is 0 Å². The lowest BCUT2D eigenvalue weighted by atomic mass is 9.89. The molecule has 2 atom stereocenters. The van der Waals surface area contributed by atoms with Crippen LogP contribution in [0.25, 0.3) is 0 Å². The van der Waals surface area contributed by atoms with E-state index in [1.165, 1.54) is 44.9 Å². The van der Waals surface area contributed by atoms with Gasteiger partial charge in [-0.15, -0.1) is 0 Å². The van der Waals surface area contributed by atoms with E-state index in [1.807, 2.05) is 0 Å². The maximum Gasteiger partial charge on any atom is -0.0386 e. The standard InChI is InChI=1S/C12H23/c1-3-5-6-8-12-10-7-9-11(12)4-2/h11-12H,1,3-10H2,2H3. The number of hydrogen-bond acceptors (Lipinski definition) is 0. The van der Waals surface area contributed by atoms with Crippen LogP contribution in [0.5, 0.6) is 0 Å². The van der Waals surface area contributed by atoms with E-state index in [1.54, 1.807) is 0 Å². The molecule has 0 N–H and O–H groups in total. The Morgan fingerprint density at radius 2 is 1.92 bits per heavy atom. The molecule has 0 amide bonds. The highest BCUT2D eigenvalue weighted by molar-refractivity contribution is 4.76. The van der Waals surface area contributed by atoms with E-state index in [0.29, 0.717) is 0 Å². The fourth-order valence-electron chi connectivity index (χ4n) is 2.61. The lowest BCUT2D eigenvalue weighted by molar-refractivity contribution is 0.344. The van der Waals surface area contributed by atoms with Crippen LogP contribution in [0.2, 0.25) is 0 Å². The zero-order valence-corrected chi connectivity index (χ0v) is 8.52. The Morgan fingerprint density at radius 1 is 1.17 bits per heavy atom. The van der Waals surface area contributed by atoms with Gasteiger partial charge in [0.25, 0.3) is 0 Å². The predicted octanol–water partition coefficient (Wildman–Crippen LogP) is 4.21. The summed E-state index contributed by atoms with van der Waals surface area (Å²) in [6, 6.07) is 0. The van der Waals surface area contributed by atoms with Gasteiger partial charge in [0.2, 0.25) is 0 Å². The summed E-state index contributed by atoms with van der Waals surface area (Å²) >= 11 is 0. The Labute approximate surface area is 77.7 Å². The maximum atomic E-state index is 3.89. The van der Waals surface area contributed by atoms with Crippen LogP contribution in [0.3, 0.4) is 0 Å². The molecule has 1 aliphatic rings. The molecule has 1 aliphatic carbocycles. The highest BCUT2D eigenvalue weighted by Gasteiger charge is 2.24. The first-order chi connectivity index (χ1) is 5.88. The number of hydrogen-bond donors (Lipinski definition) is 0. The van der Waals surface area contributed by atoms with Gasteiger partial charge in [0, 0.05) is 0 Å². The SMILES string of the molecule is [CH2]CCCCC1CCCC1CC. The van der Waals surface area contributed by atoms with Gasteiger partial charge in [-0.25, -0.2) is 0 Å². The average molecular weight is 167 g/mol. The van der Waals surface area contributed by atoms with E-state index in [-0.39, 0.29) is 0 Å². The lowest BCUT2D eigenvalue weighted by Crippen LogP contribution is -2.06. The molecule has 1 saturated carbocycles. The molecule has 1 rings (SSSR count). The molecule has 0 nitrogen and oxygen atoms in total. The van der Waals surface area contributed by atoms with Gasteiger partial charge in [-0.2, -0.15) is 0 Å². The highest BCUT2D eigenvalue weighted by atomic mass is 14.3. The van der Waals surface area contributed by atoms with Crippen molar-refractivity contribution in [1.82, 2.24) is 0 Å². The normalized spacial score (nSPS) is 29.5. The molecule has 1 fully saturated rings. The molecular formula is C12H23. The molecule has 12 heavy (non-hydrogen) atoms. The highest BCUT2D eigenvalue weighted by Crippen LogP contribution is 2.37. The maximum absolute atomic E-state index is 3.89. The first-order valence-corrected chi connectivity index (χ1v) is 5.67. The Hall–Kier alpha value is 0. The fraction of sp³-hybridized carbons (Fsp3) is 0.917. The van der Waals surface area contributed by atoms with Gasteiger partial charge in [-0.3, -0.25) is 0 Å². The van der Waals surface area contributed by atoms with E-state index in [9.17, 15) is 0 Å². The molecule has 71 valence electrons. The second-order valence-corrected chi connectivity index (χ2v) is 4.21. The largest absolute Gasteiger partial charge is 0.0651 e. The quantitative estimate of drug-likeness (QED) is 0.538. The lowest BCUT2D eigenvalue weighted by Gasteiger charge is -2.17. The first-order valence-electron chi connectivity index (χ1n) is 5.67. The van der Waals surface area contributed by atoms with Crippen LogP contribution in [0.4, 0.5) is 0 Å². The van der Waals surface area contributed by atoms with Crippen LogP contribution >= 0.6 is 0 Å². The second kappa shape index (κ2) is 5.61. The summed E-state index contributed by atoms with van der Waals surface area (Å²) < 4.78 is 0. The van der Waals surface area contributed by atoms with Crippen molar-refractivity contribution < 1.29 is 0 Å². The average Bonchev–Trinajstić information content (AvgIpc) is 2.52. The Morgan fingerprint density at radius 3 is 2.58 bits per heavy atom. The summed E-state index contributed by atoms with van der Waals surface area (Å²) in [5.74, 6) is 2.14. The summed E-state index contributed by atoms with van der Waals surface area (Å²) in [7, 11) is 0. The van der Waals surface area contributed by atoms with E-state index in [4.69, 9.17) is 0 Å². The molecule has 0 heteroatoms. The minimum atomic E-state index is 1.06.